The maximum absolute atomic E-state index is 12.4. The molecule has 2 fully saturated rings. The molecule has 1 heterocycles. The largest absolute Gasteiger partial charge is 0.325 e. The number of likely N-dealkylation sites (tertiary alicyclic amines) is 1. The van der Waals surface area contributed by atoms with Crippen LogP contribution in [0.1, 0.15) is 51.0 Å². The Balaban J connectivity index is 1.56. The Morgan fingerprint density at radius 1 is 1.14 bits per heavy atom. The maximum Gasteiger partial charge on any atom is 0.238 e. The molecule has 2 atom stereocenters. The number of benzene rings is 1. The van der Waals surface area contributed by atoms with Crippen LogP contribution < -0.4 is 5.32 Å². The molecule has 3 nitrogen and oxygen atoms in total. The topological polar surface area (TPSA) is 32.3 Å². The van der Waals surface area contributed by atoms with Crippen LogP contribution in [0, 0.1) is 5.92 Å². The van der Waals surface area contributed by atoms with Gasteiger partial charge in [-0.15, -0.1) is 0 Å². The van der Waals surface area contributed by atoms with Crippen LogP contribution in [0.4, 0.5) is 5.69 Å². The summed E-state index contributed by atoms with van der Waals surface area (Å²) in [5, 5.41) is 3.06. The fourth-order valence-electron chi connectivity index (χ4n) is 4.13. The summed E-state index contributed by atoms with van der Waals surface area (Å²) in [6.45, 7) is 3.78. The minimum Gasteiger partial charge on any atom is -0.325 e. The van der Waals surface area contributed by atoms with Crippen molar-refractivity contribution in [2.45, 2.75) is 57.9 Å². The van der Waals surface area contributed by atoms with Crippen LogP contribution in [-0.2, 0) is 11.2 Å². The van der Waals surface area contributed by atoms with E-state index in [1.165, 1.54) is 44.1 Å². The molecule has 3 rings (SSSR count). The second-order valence-electron chi connectivity index (χ2n) is 6.82. The van der Waals surface area contributed by atoms with E-state index in [0.29, 0.717) is 12.6 Å². The van der Waals surface area contributed by atoms with Gasteiger partial charge in [0.15, 0.2) is 0 Å². The molecule has 0 unspecified atom stereocenters. The van der Waals surface area contributed by atoms with Crippen LogP contribution in [0.15, 0.2) is 24.3 Å². The summed E-state index contributed by atoms with van der Waals surface area (Å²) in [7, 11) is 0. The molecule has 1 aromatic carbocycles. The van der Waals surface area contributed by atoms with Gasteiger partial charge in [0.05, 0.1) is 6.54 Å². The Kier molecular flexibility index (Phi) is 5.14. The first kappa shape index (κ1) is 15.5. The number of nitrogens with one attached hydrogen (secondary N) is 1. The molecule has 0 bridgehead atoms. The second kappa shape index (κ2) is 7.28. The number of carbonyl (C=O) groups excluding carboxylic acids is 1. The van der Waals surface area contributed by atoms with E-state index < -0.39 is 0 Å². The molecule has 0 aromatic heterocycles. The van der Waals surface area contributed by atoms with Gasteiger partial charge in [0.1, 0.15) is 0 Å². The lowest BCUT2D eigenvalue weighted by Crippen LogP contribution is -2.49. The number of nitrogens with zero attached hydrogens (tertiary/aromatic N) is 1. The molecule has 22 heavy (non-hydrogen) atoms. The van der Waals surface area contributed by atoms with Crippen molar-refractivity contribution in [3.05, 3.63) is 29.8 Å². The first-order chi connectivity index (χ1) is 10.8. The molecule has 2 aliphatic rings. The zero-order valence-corrected chi connectivity index (χ0v) is 13.7. The van der Waals surface area contributed by atoms with Crippen molar-refractivity contribution in [1.29, 1.82) is 0 Å². The maximum atomic E-state index is 12.4. The van der Waals surface area contributed by atoms with Gasteiger partial charge in [-0.1, -0.05) is 31.9 Å². The van der Waals surface area contributed by atoms with Gasteiger partial charge in [0.2, 0.25) is 5.91 Å². The third-order valence-corrected chi connectivity index (χ3v) is 5.35. The minimum atomic E-state index is 0.135. The number of hydrogen-bond donors (Lipinski definition) is 1. The van der Waals surface area contributed by atoms with Gasteiger partial charge in [-0.2, -0.15) is 0 Å². The molecule has 1 saturated carbocycles. The smallest absolute Gasteiger partial charge is 0.238 e. The Hall–Kier alpha value is -1.35. The highest BCUT2D eigenvalue weighted by atomic mass is 16.2. The van der Waals surface area contributed by atoms with E-state index >= 15 is 0 Å². The summed E-state index contributed by atoms with van der Waals surface area (Å²) < 4.78 is 0. The van der Waals surface area contributed by atoms with Gasteiger partial charge in [0, 0.05) is 11.7 Å². The molecule has 120 valence electrons. The average Bonchev–Trinajstić information content (AvgIpc) is 2.56. The highest BCUT2D eigenvalue weighted by Gasteiger charge is 2.33. The summed E-state index contributed by atoms with van der Waals surface area (Å²) in [5.74, 6) is 0.967. The third kappa shape index (κ3) is 3.70. The molecule has 1 aliphatic heterocycles. The Labute approximate surface area is 134 Å². The average molecular weight is 300 g/mol. The van der Waals surface area contributed by atoms with Crippen LogP contribution in [0.25, 0.3) is 0 Å². The molecule has 1 saturated heterocycles. The van der Waals surface area contributed by atoms with E-state index in [4.69, 9.17) is 0 Å². The van der Waals surface area contributed by atoms with Crippen molar-refractivity contribution in [2.75, 3.05) is 18.4 Å². The molecule has 1 aromatic rings. The van der Waals surface area contributed by atoms with Crippen molar-refractivity contribution < 1.29 is 4.79 Å². The summed E-state index contributed by atoms with van der Waals surface area (Å²) in [4.78, 5) is 14.8. The Bertz CT molecular complexity index is 495. The summed E-state index contributed by atoms with van der Waals surface area (Å²) >= 11 is 0. The van der Waals surface area contributed by atoms with Gasteiger partial charge in [-0.25, -0.2) is 0 Å². The highest BCUT2D eigenvalue weighted by molar-refractivity contribution is 5.92. The van der Waals surface area contributed by atoms with E-state index in [2.05, 4.69) is 29.3 Å². The molecule has 3 heteroatoms. The van der Waals surface area contributed by atoms with Crippen LogP contribution in [0.5, 0.6) is 0 Å². The number of carbonyl (C=O) groups is 1. The van der Waals surface area contributed by atoms with Crippen molar-refractivity contribution in [3.63, 3.8) is 0 Å². The van der Waals surface area contributed by atoms with Crippen molar-refractivity contribution in [1.82, 2.24) is 4.90 Å². The number of piperidine rings is 1. The predicted molar refractivity (Wildman–Crippen MR) is 91.0 cm³/mol. The van der Waals surface area contributed by atoms with E-state index in [1.807, 2.05) is 12.1 Å². The van der Waals surface area contributed by atoms with Gasteiger partial charge in [0.25, 0.3) is 0 Å². The third-order valence-electron chi connectivity index (χ3n) is 5.35. The monoisotopic (exact) mass is 300 g/mol. The Morgan fingerprint density at radius 2 is 1.86 bits per heavy atom. The van der Waals surface area contributed by atoms with Gasteiger partial charge >= 0.3 is 0 Å². The fraction of sp³-hybridized carbons (Fsp3) is 0.632. The summed E-state index contributed by atoms with van der Waals surface area (Å²) in [5.41, 5.74) is 2.22. The second-order valence-corrected chi connectivity index (χ2v) is 6.82. The Morgan fingerprint density at radius 3 is 2.64 bits per heavy atom. The zero-order chi connectivity index (χ0) is 15.4. The van der Waals surface area contributed by atoms with E-state index in [0.717, 1.165) is 24.6 Å². The summed E-state index contributed by atoms with van der Waals surface area (Å²) in [6.07, 6.45) is 9.00. The van der Waals surface area contributed by atoms with E-state index in [9.17, 15) is 4.79 Å². The number of rotatable bonds is 4. The standard InChI is InChI=1S/C19H28N2O/c1-2-15-9-11-17(12-10-15)20-19(22)14-21-13-5-7-16-6-3-4-8-18(16)21/h9-12,16,18H,2-8,13-14H2,1H3,(H,20,22)/t16-,18+/m1/s1. The number of amides is 1. The normalized spacial score (nSPS) is 25.5. The molecule has 0 spiro atoms. The molecule has 1 amide bonds. The van der Waals surface area contributed by atoms with Crippen LogP contribution in [-0.4, -0.2) is 29.9 Å². The number of fused-ring (bicyclic) bond motifs is 1. The fourth-order valence-corrected chi connectivity index (χ4v) is 4.13. The lowest BCUT2D eigenvalue weighted by Gasteiger charge is -2.43. The summed E-state index contributed by atoms with van der Waals surface area (Å²) in [6, 6.07) is 8.85. The SMILES string of the molecule is CCc1ccc(NC(=O)CN2CCC[C@H]3CCCC[C@@H]32)cc1. The van der Waals surface area contributed by atoms with Crippen LogP contribution >= 0.6 is 0 Å². The van der Waals surface area contributed by atoms with Crippen molar-refractivity contribution >= 4 is 11.6 Å². The minimum absolute atomic E-state index is 0.135. The number of hydrogen-bond acceptors (Lipinski definition) is 2. The lowest BCUT2D eigenvalue weighted by atomic mass is 9.78. The molecule has 0 radical (unpaired) electrons. The van der Waals surface area contributed by atoms with Gasteiger partial charge < -0.3 is 5.32 Å². The van der Waals surface area contributed by atoms with Gasteiger partial charge in [-0.05, 0) is 62.3 Å². The van der Waals surface area contributed by atoms with E-state index in [1.54, 1.807) is 0 Å². The lowest BCUT2D eigenvalue weighted by molar-refractivity contribution is -0.118. The molecule has 1 N–H and O–H groups in total. The first-order valence-corrected chi connectivity index (χ1v) is 8.89. The first-order valence-electron chi connectivity index (χ1n) is 8.89. The molecular weight excluding hydrogens is 272 g/mol. The predicted octanol–water partition coefficient (Wildman–Crippen LogP) is 3.84. The number of anilines is 1. The highest BCUT2D eigenvalue weighted by Crippen LogP contribution is 2.35. The van der Waals surface area contributed by atoms with Crippen LogP contribution in [0.2, 0.25) is 0 Å². The van der Waals surface area contributed by atoms with E-state index in [-0.39, 0.29) is 5.91 Å². The molecule has 1 aliphatic carbocycles. The number of aryl methyl sites for hydroxylation is 1. The quantitative estimate of drug-likeness (QED) is 0.916. The van der Waals surface area contributed by atoms with Crippen LogP contribution in [0.3, 0.4) is 0 Å². The zero-order valence-electron chi connectivity index (χ0n) is 13.7. The van der Waals surface area contributed by atoms with Gasteiger partial charge in [-0.3, -0.25) is 9.69 Å². The van der Waals surface area contributed by atoms with Crippen molar-refractivity contribution in [2.24, 2.45) is 5.92 Å². The molecular formula is C19H28N2O. The van der Waals surface area contributed by atoms with Crippen molar-refractivity contribution in [3.8, 4) is 0 Å².